The fourth-order valence-electron chi connectivity index (χ4n) is 17.4. The van der Waals surface area contributed by atoms with Gasteiger partial charge in [0.05, 0.1) is 8.07 Å². The Morgan fingerprint density at radius 2 is 0.659 bits per heavy atom. The third-order valence-electron chi connectivity index (χ3n) is 20.3. The third-order valence-corrected chi connectivity index (χ3v) is 27.6. The van der Waals surface area contributed by atoms with Gasteiger partial charge in [-0.25, -0.2) is 0 Å². The van der Waals surface area contributed by atoms with E-state index in [0.29, 0.717) is 16.6 Å². The van der Waals surface area contributed by atoms with Crippen LogP contribution in [0.5, 0.6) is 0 Å². The molecule has 8 aromatic carbocycles. The molecule has 91 heavy (non-hydrogen) atoms. The number of hydrogen-bond acceptors (Lipinski definition) is 0. The van der Waals surface area contributed by atoms with Crippen molar-refractivity contribution < 1.29 is 0 Å². The Hall–Kier alpha value is -6.56. The average molecular weight is 1250 g/mol. The van der Waals surface area contributed by atoms with Crippen molar-refractivity contribution in [3.63, 3.8) is 0 Å². The average Bonchev–Trinajstić information content (AvgIpc) is 1.60. The van der Waals surface area contributed by atoms with Crippen LogP contribution in [0.3, 0.4) is 0 Å². The lowest BCUT2D eigenvalue weighted by Crippen LogP contribution is -2.42. The summed E-state index contributed by atoms with van der Waals surface area (Å²) in [4.78, 5) is 0. The second-order valence-electron chi connectivity index (χ2n) is 32.1. The van der Waals surface area contributed by atoms with Gasteiger partial charge in [-0.05, 0) is 245 Å². The van der Waals surface area contributed by atoms with Crippen molar-refractivity contribution in [1.82, 2.24) is 0 Å². The first-order valence-electron chi connectivity index (χ1n) is 33.7. The van der Waals surface area contributed by atoms with E-state index in [2.05, 4.69) is 312 Å². The molecule has 3 unspecified atom stereocenters. The van der Waals surface area contributed by atoms with Crippen LogP contribution in [-0.4, -0.2) is 15.5 Å². The van der Waals surface area contributed by atoms with Crippen LogP contribution in [0.2, 0.25) is 26.2 Å². The van der Waals surface area contributed by atoms with Crippen molar-refractivity contribution in [1.29, 1.82) is 0 Å². The highest BCUT2D eigenvalue weighted by molar-refractivity contribution is 7.20. The predicted molar refractivity (Wildman–Crippen MR) is 409 cm³/mol. The van der Waals surface area contributed by atoms with Crippen LogP contribution in [0.4, 0.5) is 0 Å². The SMILES string of the molecule is CC1=Cc2c(-c3cc(C)cc(C)c3)cc(C)cc2C1[Si](C)(C)C1C(C)=Cc2c1cc(C(C)(C)C)c(C)c2-c1cc(C)cc(C)c1.CC1=Cc2c(cc(C(C)(C)C)c(C)c2-c2cc(C)cc(C)c2)C1[Si](C)(C)Cl.CC1=Cc2cc(C)cc(-c3cc(C)cc(C)c3)c2C1. The molecule has 472 valence electrons. The van der Waals surface area contributed by atoms with Gasteiger partial charge < -0.3 is 0 Å². The summed E-state index contributed by atoms with van der Waals surface area (Å²) in [6.07, 6.45) is 10.9. The minimum absolute atomic E-state index is 0.0627. The topological polar surface area (TPSA) is 0 Å². The fourth-order valence-corrected chi connectivity index (χ4v) is 25.4. The predicted octanol–water partition coefficient (Wildman–Crippen LogP) is 26.0. The van der Waals surface area contributed by atoms with E-state index in [0.717, 1.165) is 6.42 Å². The maximum atomic E-state index is 7.02. The second kappa shape index (κ2) is 24.7. The molecular weight excluding hydrogens is 1150 g/mol. The normalized spacial score (nSPS) is 16.6. The standard InChI is InChI=1S/C44H52Si.C25H33ClSi.C19H20/c1-25-14-26(2)17-33(16-25)35-20-29(5)21-38-36(35)22-30(6)42(38)45(12,13)43-31(7)23-37-39(43)24-40(44(9,10)11)32(8)41(37)34-18-27(3)15-28(4)19-34;1-15-10-16(2)12-19(11-15)23-18(4)22(25(5,6)7)14-21-20(23)13-17(3)24(21)27(8,9)26;1-12-5-13(2)7-16(6-12)18-10-14(3)8-17-9-15(4)11-19(17)18/h14-24,42-43H,1-13H3;10-14,24H,1-9H3;5-10H,11H2,1-4H3. The van der Waals surface area contributed by atoms with Gasteiger partial charge in [-0.3, -0.25) is 0 Å². The van der Waals surface area contributed by atoms with Crippen LogP contribution in [0.25, 0.3) is 68.8 Å². The van der Waals surface area contributed by atoms with E-state index in [4.69, 9.17) is 11.1 Å². The molecule has 0 aliphatic heterocycles. The molecule has 0 heterocycles. The van der Waals surface area contributed by atoms with Crippen LogP contribution in [0, 0.1) is 83.1 Å². The summed E-state index contributed by atoms with van der Waals surface area (Å²) in [5.41, 5.74) is 49.5. The quantitative estimate of drug-likeness (QED) is 0.110. The van der Waals surface area contributed by atoms with Crippen molar-refractivity contribution in [2.75, 3.05) is 0 Å². The van der Waals surface area contributed by atoms with Gasteiger partial charge >= 0.3 is 0 Å². The molecule has 0 bridgehead atoms. The highest BCUT2D eigenvalue weighted by atomic mass is 35.6. The first kappa shape index (κ1) is 67.3. The molecule has 0 fully saturated rings. The largest absolute Gasteiger partial charge is 0.167 e. The summed E-state index contributed by atoms with van der Waals surface area (Å²) < 4.78 is 0. The summed E-state index contributed by atoms with van der Waals surface area (Å²) in [7, 11) is -3.90. The number of benzene rings is 8. The Morgan fingerprint density at radius 3 is 1.05 bits per heavy atom. The number of halogens is 1. The maximum Gasteiger partial charge on any atom is 0.161 e. The minimum Gasteiger partial charge on any atom is -0.167 e. The molecule has 4 aliphatic carbocycles. The van der Waals surface area contributed by atoms with Crippen molar-refractivity contribution in [3.8, 4) is 44.5 Å². The number of fused-ring (bicyclic) bond motifs is 4. The highest BCUT2D eigenvalue weighted by Gasteiger charge is 2.48. The van der Waals surface area contributed by atoms with E-state index in [-0.39, 0.29) is 10.8 Å². The Kier molecular flexibility index (Phi) is 18.3. The molecule has 0 saturated heterocycles. The maximum absolute atomic E-state index is 7.02. The molecule has 0 aromatic heterocycles. The van der Waals surface area contributed by atoms with Gasteiger partial charge in [0, 0.05) is 16.6 Å². The zero-order valence-electron chi connectivity index (χ0n) is 60.5. The lowest BCUT2D eigenvalue weighted by molar-refractivity contribution is 0.585. The van der Waals surface area contributed by atoms with Crippen molar-refractivity contribution >= 4 is 50.8 Å². The van der Waals surface area contributed by atoms with Gasteiger partial charge in [0.1, 0.15) is 0 Å². The molecule has 0 spiro atoms. The van der Waals surface area contributed by atoms with Crippen LogP contribution in [0.15, 0.2) is 131 Å². The van der Waals surface area contributed by atoms with Crippen LogP contribution >= 0.6 is 11.1 Å². The van der Waals surface area contributed by atoms with E-state index in [1.807, 2.05) is 0 Å². The Balaban J connectivity index is 0.000000167. The minimum atomic E-state index is -2.02. The molecule has 0 saturated carbocycles. The van der Waals surface area contributed by atoms with Gasteiger partial charge in [0.15, 0.2) is 7.38 Å². The molecule has 0 nitrogen and oxygen atoms in total. The number of aryl methyl sites for hydroxylation is 10. The van der Waals surface area contributed by atoms with E-state index in [9.17, 15) is 0 Å². The summed E-state index contributed by atoms with van der Waals surface area (Å²) in [5, 5.41) is 0. The summed E-state index contributed by atoms with van der Waals surface area (Å²) >= 11 is 7.02. The Bertz CT molecular complexity index is 4320. The van der Waals surface area contributed by atoms with Crippen LogP contribution in [-0.2, 0) is 17.3 Å². The molecule has 4 aliphatic rings. The molecule has 12 rings (SSSR count). The summed E-state index contributed by atoms with van der Waals surface area (Å²) in [6.45, 7) is 60.1. The van der Waals surface area contributed by atoms with Gasteiger partial charge in [-0.15, -0.1) is 0 Å². The van der Waals surface area contributed by atoms with E-state index < -0.39 is 15.5 Å². The second-order valence-corrected chi connectivity index (χ2v) is 43.5. The first-order chi connectivity index (χ1) is 42.3. The van der Waals surface area contributed by atoms with Crippen LogP contribution in [0.1, 0.15) is 208 Å². The molecule has 0 amide bonds. The lowest BCUT2D eigenvalue weighted by Gasteiger charge is -2.40. The summed E-state index contributed by atoms with van der Waals surface area (Å²) in [5.74, 6) is 0. The smallest absolute Gasteiger partial charge is 0.161 e. The number of rotatable bonds is 7. The highest BCUT2D eigenvalue weighted by Crippen LogP contribution is 2.57. The van der Waals surface area contributed by atoms with E-state index in [1.165, 1.54) is 172 Å². The number of allylic oxidation sites excluding steroid dienone is 4. The van der Waals surface area contributed by atoms with Crippen LogP contribution < -0.4 is 0 Å². The Morgan fingerprint density at radius 1 is 0.341 bits per heavy atom. The van der Waals surface area contributed by atoms with E-state index in [1.54, 1.807) is 16.7 Å². The summed E-state index contributed by atoms with van der Waals surface area (Å²) in [6, 6.07) is 42.5. The van der Waals surface area contributed by atoms with Crippen molar-refractivity contribution in [2.45, 2.75) is 212 Å². The zero-order valence-corrected chi connectivity index (χ0v) is 63.3. The fraction of sp³-hybridized carbons (Fsp3) is 0.364. The molecule has 3 heteroatoms. The third kappa shape index (κ3) is 13.4. The Labute approximate surface area is 557 Å². The van der Waals surface area contributed by atoms with Gasteiger partial charge in [-0.1, -0.05) is 274 Å². The molecule has 8 aromatic rings. The van der Waals surface area contributed by atoms with Crippen molar-refractivity contribution in [3.05, 3.63) is 254 Å². The first-order valence-corrected chi connectivity index (χ1v) is 40.9. The monoisotopic (exact) mass is 1250 g/mol. The molecular formula is C88H105ClSi2. The molecule has 0 radical (unpaired) electrons. The lowest BCUT2D eigenvalue weighted by atomic mass is 9.78. The zero-order chi connectivity index (χ0) is 66.6. The molecule has 3 atom stereocenters. The molecule has 0 N–H and O–H groups in total. The van der Waals surface area contributed by atoms with Gasteiger partial charge in [-0.2, -0.15) is 11.1 Å². The van der Waals surface area contributed by atoms with Gasteiger partial charge in [0.25, 0.3) is 0 Å². The van der Waals surface area contributed by atoms with Crippen molar-refractivity contribution in [2.24, 2.45) is 0 Å². The van der Waals surface area contributed by atoms with Gasteiger partial charge in [0.2, 0.25) is 0 Å². The van der Waals surface area contributed by atoms with E-state index >= 15 is 0 Å². The number of hydrogen-bond donors (Lipinski definition) is 0.